The first-order chi connectivity index (χ1) is 17.4. The lowest BCUT2D eigenvalue weighted by Gasteiger charge is -2.34. The van der Waals surface area contributed by atoms with Crippen molar-refractivity contribution in [3.63, 3.8) is 0 Å². The van der Waals surface area contributed by atoms with E-state index < -0.39 is 5.41 Å². The summed E-state index contributed by atoms with van der Waals surface area (Å²) in [7, 11) is 0. The predicted octanol–water partition coefficient (Wildman–Crippen LogP) is 6.02. The Hall–Kier alpha value is 0.480. The normalized spacial score (nSPS) is 15.6. The van der Waals surface area contributed by atoms with Crippen molar-refractivity contribution in [1.29, 1.82) is 0 Å². The summed E-state index contributed by atoms with van der Waals surface area (Å²) < 4.78 is 24.9. The first kappa shape index (κ1) is 37.5. The van der Waals surface area contributed by atoms with Gasteiger partial charge in [-0.25, -0.2) is 10.6 Å². The Balaban J connectivity index is 5.28. The molecule has 4 atom stereocenters. The molecule has 12 heteroatoms. The van der Waals surface area contributed by atoms with Gasteiger partial charge in [0.2, 0.25) is 0 Å². The second kappa shape index (κ2) is 21.3. The third-order valence-electron chi connectivity index (χ3n) is 6.78. The van der Waals surface area contributed by atoms with Crippen LogP contribution in [0.3, 0.4) is 0 Å². The molecule has 218 valence electrons. The topological polar surface area (TPSA) is 115 Å². The Labute approximate surface area is 265 Å². The van der Waals surface area contributed by atoms with Crippen LogP contribution < -0.4 is 10.6 Å². The van der Waals surface area contributed by atoms with Gasteiger partial charge in [-0.2, -0.15) is 0 Å². The number of nitrogens with one attached hydrogen (secondary N) is 3. The average molecular weight is 865 g/mol. The summed E-state index contributed by atoms with van der Waals surface area (Å²) in [5, 5.41) is 0. The van der Waals surface area contributed by atoms with Gasteiger partial charge in [-0.05, 0) is 63.2 Å². The summed E-state index contributed by atoms with van der Waals surface area (Å²) in [6.07, 6.45) is 4.94. The lowest BCUT2D eigenvalue weighted by molar-refractivity contribution is -0.159. The van der Waals surface area contributed by atoms with Gasteiger partial charge in [-0.15, -0.1) is 0 Å². The van der Waals surface area contributed by atoms with E-state index in [-0.39, 0.29) is 61.8 Å². The Kier molecular flexibility index (Phi) is 21.5. The molecule has 0 bridgehead atoms. The minimum atomic E-state index is -0.696. The van der Waals surface area contributed by atoms with Gasteiger partial charge < -0.3 is 14.2 Å². The fourth-order valence-corrected chi connectivity index (χ4v) is 5.00. The van der Waals surface area contributed by atoms with E-state index in [4.69, 9.17) is 14.2 Å². The first-order valence-corrected chi connectivity index (χ1v) is 16.2. The lowest BCUT2D eigenvalue weighted by atomic mass is 9.71. The van der Waals surface area contributed by atoms with E-state index in [9.17, 15) is 14.4 Å². The summed E-state index contributed by atoms with van der Waals surface area (Å²) >= 11 is 5.83. The lowest BCUT2D eigenvalue weighted by Crippen LogP contribution is -2.38. The molecule has 3 N–H and O–H groups in total. The van der Waals surface area contributed by atoms with E-state index in [0.29, 0.717) is 25.2 Å². The van der Waals surface area contributed by atoms with E-state index >= 15 is 0 Å². The summed E-state index contributed by atoms with van der Waals surface area (Å²) in [4.78, 5) is 37.7. The van der Waals surface area contributed by atoms with Gasteiger partial charge in [0.05, 0.1) is 11.3 Å². The monoisotopic (exact) mass is 865 g/mol. The van der Waals surface area contributed by atoms with Crippen molar-refractivity contribution < 1.29 is 28.6 Å². The smallest absolute Gasteiger partial charge is 0.320 e. The molecule has 0 aromatic carbocycles. The van der Waals surface area contributed by atoms with Crippen LogP contribution in [0.1, 0.15) is 86.5 Å². The third kappa shape index (κ3) is 15.7. The number of rotatable bonds is 21. The molecule has 0 radical (unpaired) electrons. The van der Waals surface area contributed by atoms with Gasteiger partial charge >= 0.3 is 17.9 Å². The molecule has 0 aromatic rings. The van der Waals surface area contributed by atoms with Gasteiger partial charge in [0.25, 0.3) is 0 Å². The molecule has 0 saturated heterocycles. The highest BCUT2D eigenvalue weighted by Crippen LogP contribution is 2.39. The molecule has 4 unspecified atom stereocenters. The molecule has 37 heavy (non-hydrogen) atoms. The quantitative estimate of drug-likeness (QED) is 0.0420. The minimum Gasteiger partial charge on any atom is -0.461 e. The van der Waals surface area contributed by atoms with Crippen molar-refractivity contribution in [1.82, 2.24) is 10.6 Å². The van der Waals surface area contributed by atoms with Gasteiger partial charge in [-0.3, -0.25) is 14.4 Å². The van der Waals surface area contributed by atoms with Crippen LogP contribution in [0.2, 0.25) is 0 Å². The molecule has 0 fully saturated rings. The van der Waals surface area contributed by atoms with E-state index in [1.807, 2.05) is 89.4 Å². The minimum absolute atomic E-state index is 0.0486. The maximum Gasteiger partial charge on any atom is 0.320 e. The van der Waals surface area contributed by atoms with Gasteiger partial charge in [0.1, 0.15) is 12.6 Å². The average Bonchev–Trinajstić information content (AvgIpc) is 2.83. The number of hydrogen-bond acceptors (Lipinski definition) is 9. The van der Waals surface area contributed by atoms with Gasteiger partial charge in [0.15, 0.2) is 13.5 Å². The van der Waals surface area contributed by atoms with Crippen LogP contribution in [0.15, 0.2) is 0 Å². The van der Waals surface area contributed by atoms with Crippen LogP contribution in [0.5, 0.6) is 0 Å². The standard InChI is InChI=1S/C25H46I3N3O6/c1-17(2)13-20(23(33)35-15-30-27)10-8-12-25(6,24(34)36-16-31-28)19(5)9-7-11-21(18(3)4)37-22(32)14-29-26/h17-21,29-31H,7-16H2,1-6H3. The molecule has 0 aliphatic heterocycles. The predicted molar refractivity (Wildman–Crippen MR) is 171 cm³/mol. The zero-order valence-corrected chi connectivity index (χ0v) is 29.5. The first-order valence-electron chi connectivity index (χ1n) is 13.0. The largest absolute Gasteiger partial charge is 0.461 e. The molecule has 0 amide bonds. The summed E-state index contributed by atoms with van der Waals surface area (Å²) in [5.41, 5.74) is -0.696. The van der Waals surface area contributed by atoms with Crippen molar-refractivity contribution in [3.05, 3.63) is 0 Å². The molecule has 0 heterocycles. The van der Waals surface area contributed by atoms with Crippen molar-refractivity contribution in [2.45, 2.75) is 92.6 Å². The highest BCUT2D eigenvalue weighted by Gasteiger charge is 2.40. The molecule has 0 rings (SSSR count). The molecule has 9 nitrogen and oxygen atoms in total. The Morgan fingerprint density at radius 3 is 2.00 bits per heavy atom. The van der Waals surface area contributed by atoms with Crippen molar-refractivity contribution in [2.24, 2.45) is 29.1 Å². The van der Waals surface area contributed by atoms with E-state index in [2.05, 4.69) is 31.4 Å². The van der Waals surface area contributed by atoms with Crippen LogP contribution in [0, 0.1) is 29.1 Å². The van der Waals surface area contributed by atoms with Crippen molar-refractivity contribution in [3.8, 4) is 0 Å². The third-order valence-corrected chi connectivity index (χ3v) is 7.79. The maximum absolute atomic E-state index is 13.2. The molecular weight excluding hydrogens is 819 g/mol. The zero-order chi connectivity index (χ0) is 28.4. The number of hydrogen-bond donors (Lipinski definition) is 3. The Morgan fingerprint density at radius 1 is 0.838 bits per heavy atom. The molecule has 0 aromatic heterocycles. The summed E-state index contributed by atoms with van der Waals surface area (Å²) in [5.74, 6) is -0.269. The van der Waals surface area contributed by atoms with Gasteiger partial charge in [-0.1, -0.05) is 41.0 Å². The van der Waals surface area contributed by atoms with E-state index in [0.717, 1.165) is 25.7 Å². The maximum atomic E-state index is 13.2. The van der Waals surface area contributed by atoms with Crippen molar-refractivity contribution >= 4 is 86.5 Å². The molecule has 0 aliphatic carbocycles. The number of carbonyl (C=O) groups excluding carboxylic acids is 3. The Morgan fingerprint density at radius 2 is 1.46 bits per heavy atom. The van der Waals surface area contributed by atoms with Crippen LogP contribution in [0.25, 0.3) is 0 Å². The summed E-state index contributed by atoms with van der Waals surface area (Å²) in [6.45, 7) is 12.8. The van der Waals surface area contributed by atoms with Crippen LogP contribution >= 0.6 is 68.6 Å². The molecule has 0 aliphatic rings. The van der Waals surface area contributed by atoms with Crippen molar-refractivity contribution in [2.75, 3.05) is 20.0 Å². The van der Waals surface area contributed by atoms with Crippen LogP contribution in [-0.4, -0.2) is 44.0 Å². The van der Waals surface area contributed by atoms with E-state index in [1.54, 1.807) is 0 Å². The Bertz CT molecular complexity index is 672. The zero-order valence-electron chi connectivity index (χ0n) is 23.0. The summed E-state index contributed by atoms with van der Waals surface area (Å²) in [6, 6.07) is 0. The second-order valence-corrected chi connectivity index (χ2v) is 12.8. The highest BCUT2D eigenvalue weighted by atomic mass is 127. The number of halogens is 3. The van der Waals surface area contributed by atoms with Gasteiger partial charge in [0, 0.05) is 68.6 Å². The fourth-order valence-electron chi connectivity index (χ4n) is 4.38. The van der Waals surface area contributed by atoms with E-state index in [1.165, 1.54) is 0 Å². The van der Waals surface area contributed by atoms with Crippen LogP contribution in [0.4, 0.5) is 0 Å². The number of carbonyl (C=O) groups is 3. The highest BCUT2D eigenvalue weighted by molar-refractivity contribution is 14.1. The fraction of sp³-hybridized carbons (Fsp3) is 0.880. The number of ether oxygens (including phenoxy) is 3. The molecule has 0 saturated carbocycles. The molecule has 0 spiro atoms. The SMILES string of the molecule is CC(C)CC(CCCC(C)(C(=O)OCNI)C(C)CCCC(OC(=O)CNI)C(C)C)C(=O)OCNI. The number of esters is 3. The molecular formula is C25H46I3N3O6. The second-order valence-electron chi connectivity index (χ2n) is 10.5. The van der Waals surface area contributed by atoms with Crippen LogP contribution in [-0.2, 0) is 28.6 Å².